The van der Waals surface area contributed by atoms with Gasteiger partial charge in [-0.3, -0.25) is 9.89 Å². The maximum atomic E-state index is 13.8. The number of nitrogens with zero attached hydrogens (tertiary/aromatic N) is 3. The number of anilines is 1. The first kappa shape index (κ1) is 24.0. The molecular formula is C29H34N4O3. The van der Waals surface area contributed by atoms with Crippen LogP contribution in [0.1, 0.15) is 49.9 Å². The van der Waals surface area contributed by atoms with Gasteiger partial charge >= 0.3 is 0 Å². The Morgan fingerprint density at radius 1 is 1.03 bits per heavy atom. The lowest BCUT2D eigenvalue weighted by atomic mass is 10.0. The van der Waals surface area contributed by atoms with E-state index in [1.54, 1.807) is 11.6 Å². The van der Waals surface area contributed by atoms with Crippen LogP contribution in [-0.2, 0) is 6.42 Å². The lowest BCUT2D eigenvalue weighted by molar-refractivity contribution is 0.230. The Hall–Kier alpha value is -3.74. The summed E-state index contributed by atoms with van der Waals surface area (Å²) in [4.78, 5) is 21.2. The molecule has 1 saturated heterocycles. The highest BCUT2D eigenvalue weighted by molar-refractivity contribution is 5.86. The van der Waals surface area contributed by atoms with Gasteiger partial charge in [0.05, 0.1) is 18.9 Å². The highest BCUT2D eigenvalue weighted by atomic mass is 16.5. The molecule has 7 nitrogen and oxygen atoms in total. The molecule has 0 bridgehead atoms. The minimum absolute atomic E-state index is 0.0167. The van der Waals surface area contributed by atoms with Crippen molar-refractivity contribution in [1.29, 1.82) is 0 Å². The Bertz CT molecular complexity index is 1420. The van der Waals surface area contributed by atoms with Gasteiger partial charge in [0.2, 0.25) is 0 Å². The van der Waals surface area contributed by atoms with Gasteiger partial charge in [0.25, 0.3) is 5.56 Å². The number of aryl methyl sites for hydroxylation is 1. The van der Waals surface area contributed by atoms with Crippen LogP contribution in [0.15, 0.2) is 53.3 Å². The molecule has 4 aromatic rings. The first-order chi connectivity index (χ1) is 17.5. The molecular weight excluding hydrogens is 452 g/mol. The van der Waals surface area contributed by atoms with Gasteiger partial charge in [-0.25, -0.2) is 4.98 Å². The van der Waals surface area contributed by atoms with Gasteiger partial charge in [-0.1, -0.05) is 36.4 Å². The number of piperidine rings is 1. The third-order valence-electron chi connectivity index (χ3n) is 6.76. The largest absolute Gasteiger partial charge is 0.493 e. The summed E-state index contributed by atoms with van der Waals surface area (Å²) in [5, 5.41) is 3.41. The summed E-state index contributed by atoms with van der Waals surface area (Å²) in [6.07, 6.45) is 4.00. The average molecular weight is 487 g/mol. The molecule has 2 aromatic heterocycles. The monoisotopic (exact) mass is 486 g/mol. The Labute approximate surface area is 211 Å². The fourth-order valence-electron chi connectivity index (χ4n) is 5.01. The predicted molar refractivity (Wildman–Crippen MR) is 144 cm³/mol. The van der Waals surface area contributed by atoms with Gasteiger partial charge in [0.1, 0.15) is 5.69 Å². The maximum Gasteiger partial charge on any atom is 0.276 e. The van der Waals surface area contributed by atoms with Crippen molar-refractivity contribution in [3.63, 3.8) is 0 Å². The van der Waals surface area contributed by atoms with E-state index in [4.69, 9.17) is 14.5 Å². The average Bonchev–Trinajstić information content (AvgIpc) is 3.27. The molecule has 3 heterocycles. The van der Waals surface area contributed by atoms with Gasteiger partial charge in [0.15, 0.2) is 17.1 Å². The number of ether oxygens (including phenoxy) is 2. The number of aromatic amines is 1. The number of fused-ring (bicyclic) bond motifs is 1. The molecule has 0 spiro atoms. The third-order valence-corrected chi connectivity index (χ3v) is 6.76. The third kappa shape index (κ3) is 4.57. The zero-order valence-corrected chi connectivity index (χ0v) is 21.5. The molecule has 0 unspecified atom stereocenters. The summed E-state index contributed by atoms with van der Waals surface area (Å²) in [6.45, 7) is 7.83. The van der Waals surface area contributed by atoms with Crippen LogP contribution < -0.4 is 19.9 Å². The summed E-state index contributed by atoms with van der Waals surface area (Å²) in [5.74, 6) is 1.35. The minimum atomic E-state index is -0.0694. The van der Waals surface area contributed by atoms with Crippen LogP contribution in [0.4, 0.5) is 5.69 Å². The number of aromatic nitrogens is 3. The van der Waals surface area contributed by atoms with E-state index in [0.29, 0.717) is 29.1 Å². The standard InChI is InChI=1S/C29H34N4O3/c1-19(2)36-25-18-21(13-14-24(25)35-4)17-23-20(3)30-28-27(32-15-9-6-10-16-32)26(31-33(28)29(23)34)22-11-7-5-8-12-22/h5,7-8,11-14,18-19,31H,6,9-10,15-17H2,1-4H3. The number of methoxy groups -OCH3 is 1. The molecule has 0 amide bonds. The Balaban J connectivity index is 1.62. The molecule has 1 aliphatic heterocycles. The van der Waals surface area contributed by atoms with Crippen molar-refractivity contribution in [3.8, 4) is 22.8 Å². The second-order valence-corrected chi connectivity index (χ2v) is 9.72. The first-order valence-electron chi connectivity index (χ1n) is 12.7. The number of H-pyrrole nitrogens is 1. The van der Waals surface area contributed by atoms with E-state index in [-0.39, 0.29) is 11.7 Å². The summed E-state index contributed by atoms with van der Waals surface area (Å²) >= 11 is 0. The fraction of sp³-hybridized carbons (Fsp3) is 0.379. The molecule has 0 aliphatic carbocycles. The smallest absolute Gasteiger partial charge is 0.276 e. The van der Waals surface area contributed by atoms with E-state index < -0.39 is 0 Å². The highest BCUT2D eigenvalue weighted by Gasteiger charge is 2.24. The molecule has 0 atom stereocenters. The summed E-state index contributed by atoms with van der Waals surface area (Å²) in [6, 6.07) is 16.0. The molecule has 0 saturated carbocycles. The highest BCUT2D eigenvalue weighted by Crippen LogP contribution is 2.35. The zero-order chi connectivity index (χ0) is 25.2. The van der Waals surface area contributed by atoms with Gasteiger partial charge < -0.3 is 14.4 Å². The summed E-state index contributed by atoms with van der Waals surface area (Å²) in [7, 11) is 1.63. The van der Waals surface area contributed by atoms with Crippen LogP contribution in [0.5, 0.6) is 11.5 Å². The van der Waals surface area contributed by atoms with Crippen molar-refractivity contribution in [1.82, 2.24) is 14.6 Å². The van der Waals surface area contributed by atoms with E-state index in [9.17, 15) is 4.79 Å². The van der Waals surface area contributed by atoms with Crippen LogP contribution in [0.25, 0.3) is 16.9 Å². The van der Waals surface area contributed by atoms with E-state index in [0.717, 1.165) is 54.1 Å². The molecule has 5 rings (SSSR count). The van der Waals surface area contributed by atoms with Crippen molar-refractivity contribution in [2.24, 2.45) is 0 Å². The molecule has 1 fully saturated rings. The first-order valence-corrected chi connectivity index (χ1v) is 12.7. The van der Waals surface area contributed by atoms with E-state index in [1.807, 2.05) is 57.2 Å². The number of hydrogen-bond donors (Lipinski definition) is 1. The number of rotatable bonds is 7. The molecule has 1 N–H and O–H groups in total. The topological polar surface area (TPSA) is 71.9 Å². The molecule has 188 valence electrons. The fourth-order valence-corrected chi connectivity index (χ4v) is 5.01. The van der Waals surface area contributed by atoms with Crippen molar-refractivity contribution in [3.05, 3.63) is 75.7 Å². The second kappa shape index (κ2) is 10.1. The second-order valence-electron chi connectivity index (χ2n) is 9.72. The van der Waals surface area contributed by atoms with Crippen LogP contribution in [-0.4, -0.2) is 40.9 Å². The summed E-state index contributed by atoms with van der Waals surface area (Å²) in [5.41, 5.74) is 6.02. The van der Waals surface area contributed by atoms with E-state index in [2.05, 4.69) is 22.1 Å². The van der Waals surface area contributed by atoms with Crippen LogP contribution in [0, 0.1) is 6.92 Å². The van der Waals surface area contributed by atoms with Gasteiger partial charge in [-0.15, -0.1) is 0 Å². The van der Waals surface area contributed by atoms with E-state index in [1.165, 1.54) is 6.42 Å². The van der Waals surface area contributed by atoms with Gasteiger partial charge in [0, 0.05) is 36.3 Å². The Morgan fingerprint density at radius 3 is 2.47 bits per heavy atom. The number of nitrogens with one attached hydrogen (secondary N) is 1. The number of benzene rings is 2. The maximum absolute atomic E-state index is 13.8. The number of hydrogen-bond acceptors (Lipinski definition) is 5. The van der Waals surface area contributed by atoms with Crippen LogP contribution in [0.2, 0.25) is 0 Å². The zero-order valence-electron chi connectivity index (χ0n) is 21.5. The lowest BCUT2D eigenvalue weighted by Gasteiger charge is -2.28. The van der Waals surface area contributed by atoms with Crippen molar-refractivity contribution < 1.29 is 9.47 Å². The quantitative estimate of drug-likeness (QED) is 0.380. The molecule has 0 radical (unpaired) electrons. The van der Waals surface area contributed by atoms with Crippen molar-refractivity contribution in [2.75, 3.05) is 25.1 Å². The normalized spacial score (nSPS) is 14.0. The molecule has 36 heavy (non-hydrogen) atoms. The Morgan fingerprint density at radius 2 is 1.78 bits per heavy atom. The predicted octanol–water partition coefficient (Wildman–Crippen LogP) is 5.37. The molecule has 7 heteroatoms. The Kier molecular flexibility index (Phi) is 6.72. The van der Waals surface area contributed by atoms with Crippen molar-refractivity contribution in [2.45, 2.75) is 52.6 Å². The lowest BCUT2D eigenvalue weighted by Crippen LogP contribution is -2.30. The van der Waals surface area contributed by atoms with Gasteiger partial charge in [-0.2, -0.15) is 4.52 Å². The summed E-state index contributed by atoms with van der Waals surface area (Å²) < 4.78 is 13.0. The molecule has 1 aliphatic rings. The minimum Gasteiger partial charge on any atom is -0.493 e. The van der Waals surface area contributed by atoms with Crippen LogP contribution in [0.3, 0.4) is 0 Å². The molecule has 2 aromatic carbocycles. The van der Waals surface area contributed by atoms with E-state index >= 15 is 0 Å². The van der Waals surface area contributed by atoms with Gasteiger partial charge in [-0.05, 0) is 57.7 Å². The van der Waals surface area contributed by atoms with Crippen molar-refractivity contribution >= 4 is 11.3 Å². The van der Waals surface area contributed by atoms with Crippen LogP contribution >= 0.6 is 0 Å². The SMILES string of the molecule is COc1ccc(Cc2c(C)nc3c(N4CCCCC4)c(-c4ccccc4)[nH]n3c2=O)cc1OC(C)C.